The molecule has 0 saturated heterocycles. The van der Waals surface area contributed by atoms with Gasteiger partial charge < -0.3 is 10.5 Å². The van der Waals surface area contributed by atoms with Crippen LogP contribution in [0.15, 0.2) is 71.2 Å². The number of aryl methyl sites for hydroxylation is 3. The Labute approximate surface area is 256 Å². The number of hydrogen-bond acceptors (Lipinski definition) is 5. The van der Waals surface area contributed by atoms with Crippen LogP contribution in [0.4, 0.5) is 10.1 Å². The first-order valence-electron chi connectivity index (χ1n) is 13.7. The second-order valence-electron chi connectivity index (χ2n) is 11.9. The number of halogens is 3. The van der Waals surface area contributed by atoms with Crippen LogP contribution in [0.3, 0.4) is 0 Å². The largest absolute Gasteiger partial charge is 0.487 e. The molecule has 0 aromatic heterocycles. The maximum absolute atomic E-state index is 14.0. The summed E-state index contributed by atoms with van der Waals surface area (Å²) in [4.78, 5) is 15.9. The van der Waals surface area contributed by atoms with E-state index in [1.807, 2.05) is 56.0 Å². The summed E-state index contributed by atoms with van der Waals surface area (Å²) in [7, 11) is 0. The normalized spacial score (nSPS) is 18.2. The SMILES string of the molecule is Cc1cc(C)c(C2C(C#N)=C(N)N(c3cc(Cl)ccc3C)C3=C2C(=O)CC(C)(C)C3)cc1COc1ccc(F)cc1Cl. The summed E-state index contributed by atoms with van der Waals surface area (Å²) in [5.74, 6) is -0.447. The third-order valence-corrected chi connectivity index (χ3v) is 8.64. The number of Topliss-reactive ketones (excluding diaryl/α,β-unsaturated/α-hetero) is 1. The van der Waals surface area contributed by atoms with E-state index in [4.69, 9.17) is 33.7 Å². The Morgan fingerprint density at radius 1 is 1.05 bits per heavy atom. The van der Waals surface area contributed by atoms with Gasteiger partial charge in [-0.05, 0) is 90.8 Å². The molecule has 8 heteroatoms. The Kier molecular flexibility index (Phi) is 7.87. The Hall–Kier alpha value is -3.79. The fraction of sp³-hybridized carbons (Fsp3) is 0.294. The van der Waals surface area contributed by atoms with Crippen molar-refractivity contribution in [3.05, 3.63) is 115 Å². The molecule has 1 aliphatic heterocycles. The molecule has 2 aliphatic rings. The first-order valence-corrected chi connectivity index (χ1v) is 14.5. The number of nitrogens with zero attached hydrogens (tertiary/aromatic N) is 2. The summed E-state index contributed by atoms with van der Waals surface area (Å²) >= 11 is 12.6. The molecule has 0 spiro atoms. The summed E-state index contributed by atoms with van der Waals surface area (Å²) in [6, 6.07) is 15.9. The average molecular weight is 605 g/mol. The lowest BCUT2D eigenvalue weighted by atomic mass is 9.68. The fourth-order valence-corrected chi connectivity index (χ4v) is 6.44. The maximum atomic E-state index is 14.0. The number of carbonyl (C=O) groups is 1. The second kappa shape index (κ2) is 11.1. The van der Waals surface area contributed by atoms with E-state index in [9.17, 15) is 14.4 Å². The van der Waals surface area contributed by atoms with Gasteiger partial charge >= 0.3 is 0 Å². The van der Waals surface area contributed by atoms with E-state index < -0.39 is 11.7 Å². The topological polar surface area (TPSA) is 79.4 Å². The van der Waals surface area contributed by atoms with Crippen molar-refractivity contribution in [3.63, 3.8) is 0 Å². The van der Waals surface area contributed by atoms with E-state index in [1.54, 1.807) is 0 Å². The lowest BCUT2D eigenvalue weighted by Crippen LogP contribution is -2.42. The monoisotopic (exact) mass is 603 g/mol. The Morgan fingerprint density at radius 2 is 1.79 bits per heavy atom. The molecule has 5 nitrogen and oxygen atoms in total. The fourth-order valence-electron chi connectivity index (χ4n) is 6.05. The van der Waals surface area contributed by atoms with Crippen LogP contribution in [-0.2, 0) is 11.4 Å². The summed E-state index contributed by atoms with van der Waals surface area (Å²) < 4.78 is 19.5. The Morgan fingerprint density at radius 3 is 2.48 bits per heavy atom. The first-order chi connectivity index (χ1) is 19.8. The molecule has 1 heterocycles. The van der Waals surface area contributed by atoms with Crippen LogP contribution >= 0.6 is 23.2 Å². The third kappa shape index (κ3) is 5.40. The highest BCUT2D eigenvalue weighted by atomic mass is 35.5. The van der Waals surface area contributed by atoms with Crippen LogP contribution < -0.4 is 15.4 Å². The summed E-state index contributed by atoms with van der Waals surface area (Å²) in [5, 5.41) is 11.2. The van der Waals surface area contributed by atoms with Gasteiger partial charge in [-0.3, -0.25) is 9.69 Å². The zero-order chi connectivity index (χ0) is 30.5. The number of hydrogen-bond donors (Lipinski definition) is 1. The van der Waals surface area contributed by atoms with E-state index in [1.165, 1.54) is 18.2 Å². The van der Waals surface area contributed by atoms with Gasteiger partial charge in [-0.15, -0.1) is 0 Å². The molecule has 0 fully saturated rings. The number of nitriles is 1. The predicted molar refractivity (Wildman–Crippen MR) is 165 cm³/mol. The van der Waals surface area contributed by atoms with E-state index in [-0.39, 0.29) is 28.6 Å². The van der Waals surface area contributed by atoms with E-state index in [0.29, 0.717) is 34.8 Å². The van der Waals surface area contributed by atoms with Crippen LogP contribution in [0.5, 0.6) is 5.75 Å². The van der Waals surface area contributed by atoms with Gasteiger partial charge in [-0.25, -0.2) is 4.39 Å². The smallest absolute Gasteiger partial charge is 0.162 e. The molecule has 42 heavy (non-hydrogen) atoms. The van der Waals surface area contributed by atoms with Crippen LogP contribution in [0.25, 0.3) is 0 Å². The van der Waals surface area contributed by atoms with Gasteiger partial charge in [-0.1, -0.05) is 55.2 Å². The molecule has 0 radical (unpaired) electrons. The second-order valence-corrected chi connectivity index (χ2v) is 12.8. The first kappa shape index (κ1) is 29.7. The number of benzene rings is 3. The number of allylic oxidation sites excluding steroid dienone is 3. The number of carbonyl (C=O) groups excluding carboxylic acids is 1. The van der Waals surface area contributed by atoms with Crippen LogP contribution in [0, 0.1) is 43.3 Å². The summed E-state index contributed by atoms with van der Waals surface area (Å²) in [5.41, 5.74) is 13.5. The minimum atomic E-state index is -0.641. The Balaban J connectivity index is 1.68. The van der Waals surface area contributed by atoms with Gasteiger partial charge in [0.15, 0.2) is 5.78 Å². The van der Waals surface area contributed by atoms with Crippen molar-refractivity contribution in [1.29, 1.82) is 5.26 Å². The van der Waals surface area contributed by atoms with Crippen LogP contribution in [-0.4, -0.2) is 5.78 Å². The summed E-state index contributed by atoms with van der Waals surface area (Å²) in [6.45, 7) is 10.2. The minimum Gasteiger partial charge on any atom is -0.487 e. The summed E-state index contributed by atoms with van der Waals surface area (Å²) in [6.07, 6.45) is 0.952. The van der Waals surface area contributed by atoms with Crippen LogP contribution in [0.2, 0.25) is 10.0 Å². The molecule has 1 aliphatic carbocycles. The molecule has 0 bridgehead atoms. The third-order valence-electron chi connectivity index (χ3n) is 8.11. The van der Waals surface area contributed by atoms with E-state index in [2.05, 4.69) is 19.9 Å². The number of ether oxygens (including phenoxy) is 1. The predicted octanol–water partition coefficient (Wildman–Crippen LogP) is 8.58. The molecule has 1 atom stereocenters. The molecular weight excluding hydrogens is 572 g/mol. The van der Waals surface area contributed by atoms with Gasteiger partial charge in [0.25, 0.3) is 0 Å². The highest BCUT2D eigenvalue weighted by molar-refractivity contribution is 6.32. The highest BCUT2D eigenvalue weighted by Gasteiger charge is 2.45. The van der Waals surface area contributed by atoms with Gasteiger partial charge in [0.2, 0.25) is 0 Å². The number of anilines is 1. The minimum absolute atomic E-state index is 0.00736. The molecule has 0 saturated carbocycles. The quantitative estimate of drug-likeness (QED) is 0.316. The van der Waals surface area contributed by atoms with Crippen molar-refractivity contribution in [2.75, 3.05) is 4.90 Å². The number of ketones is 1. The number of rotatable bonds is 5. The molecular formula is C34H32Cl2FN3O2. The zero-order valence-corrected chi connectivity index (χ0v) is 25.8. The zero-order valence-electron chi connectivity index (χ0n) is 24.2. The van der Waals surface area contributed by atoms with Gasteiger partial charge in [0.05, 0.1) is 28.3 Å². The Bertz CT molecular complexity index is 1740. The standard InChI is InChI=1S/C34H32Cl2FN3O2/c1-18-6-7-22(35)12-27(18)40-28-14-34(4,5)15-29(41)32(28)31(25(16-38)33(40)39)24-11-21(19(2)10-20(24)3)17-42-30-9-8-23(37)13-26(30)36/h6-13,31H,14-15,17,39H2,1-5H3. The van der Waals surface area contributed by atoms with Crippen molar-refractivity contribution in [2.45, 2.75) is 60.0 Å². The molecule has 0 amide bonds. The van der Waals surface area contributed by atoms with Gasteiger partial charge in [-0.2, -0.15) is 5.26 Å². The van der Waals surface area contributed by atoms with Crippen molar-refractivity contribution in [2.24, 2.45) is 11.1 Å². The molecule has 216 valence electrons. The molecule has 2 N–H and O–H groups in total. The lowest BCUT2D eigenvalue weighted by Gasteiger charge is -2.44. The van der Waals surface area contributed by atoms with Crippen molar-refractivity contribution < 1.29 is 13.9 Å². The van der Waals surface area contributed by atoms with Crippen LogP contribution in [0.1, 0.15) is 60.4 Å². The van der Waals surface area contributed by atoms with Crippen molar-refractivity contribution in [1.82, 2.24) is 0 Å². The molecule has 3 aromatic rings. The van der Waals surface area contributed by atoms with Gasteiger partial charge in [0, 0.05) is 22.7 Å². The number of nitrogens with two attached hydrogens (primary N) is 1. The van der Waals surface area contributed by atoms with E-state index in [0.717, 1.165) is 39.2 Å². The van der Waals surface area contributed by atoms with Crippen molar-refractivity contribution in [3.8, 4) is 11.8 Å². The average Bonchev–Trinajstić information content (AvgIpc) is 2.89. The molecule has 1 unspecified atom stereocenters. The molecule has 5 rings (SSSR count). The molecule has 3 aromatic carbocycles. The highest BCUT2D eigenvalue weighted by Crippen LogP contribution is 2.51. The van der Waals surface area contributed by atoms with Crippen molar-refractivity contribution >= 4 is 34.7 Å². The van der Waals surface area contributed by atoms with E-state index >= 15 is 0 Å². The van der Waals surface area contributed by atoms with Gasteiger partial charge in [0.1, 0.15) is 24.0 Å². The maximum Gasteiger partial charge on any atom is 0.162 e. The lowest BCUT2D eigenvalue weighted by molar-refractivity contribution is -0.118.